The van der Waals surface area contributed by atoms with Gasteiger partial charge in [0.25, 0.3) is 0 Å². The van der Waals surface area contributed by atoms with Gasteiger partial charge in [-0.1, -0.05) is 13.0 Å². The molecule has 2 nitrogen and oxygen atoms in total. The Hall–Kier alpha value is -0.450. The molecule has 2 rings (SSSR count). The summed E-state index contributed by atoms with van der Waals surface area (Å²) in [4.78, 5) is 2.62. The Morgan fingerprint density at radius 1 is 1.38 bits per heavy atom. The van der Waals surface area contributed by atoms with Crippen LogP contribution in [0.5, 0.6) is 0 Å². The van der Waals surface area contributed by atoms with Gasteiger partial charge in [0.1, 0.15) is 5.82 Å². The summed E-state index contributed by atoms with van der Waals surface area (Å²) in [5, 5.41) is 3.50. The molecule has 1 saturated heterocycles. The van der Waals surface area contributed by atoms with Crippen LogP contribution in [0.3, 0.4) is 0 Å². The van der Waals surface area contributed by atoms with Crippen LogP contribution in [0.25, 0.3) is 0 Å². The summed E-state index contributed by atoms with van der Waals surface area (Å²) in [6.45, 7) is 7.01. The molecule has 0 aliphatic carbocycles. The molecule has 1 aromatic carbocycles. The minimum Gasteiger partial charge on any atom is -0.315 e. The van der Waals surface area contributed by atoms with Gasteiger partial charge in [0.05, 0.1) is 4.47 Å². The fourth-order valence-corrected chi connectivity index (χ4v) is 3.88. The van der Waals surface area contributed by atoms with Crippen LogP contribution in [-0.4, -0.2) is 36.6 Å². The van der Waals surface area contributed by atoms with E-state index in [1.165, 1.54) is 31.5 Å². The molecule has 1 aliphatic rings. The zero-order valence-corrected chi connectivity index (χ0v) is 14.8. The summed E-state index contributed by atoms with van der Waals surface area (Å²) in [6, 6.07) is 5.70. The third-order valence-electron chi connectivity index (χ3n) is 5.07. The average molecular weight is 357 g/mol. The summed E-state index contributed by atoms with van der Waals surface area (Å²) in [5.74, 6) is -0.197. The molecule has 1 fully saturated rings. The van der Waals surface area contributed by atoms with E-state index in [9.17, 15) is 4.39 Å². The van der Waals surface area contributed by atoms with E-state index in [1.54, 1.807) is 6.07 Å². The molecule has 0 spiro atoms. The Balaban J connectivity index is 2.18. The topological polar surface area (TPSA) is 15.3 Å². The predicted molar refractivity (Wildman–Crippen MR) is 90.2 cm³/mol. The molecule has 1 N–H and O–H groups in total. The SMILES string of the molecule is CCC(C)(C(Cc1ccc(F)c(Br)c1)NC)N1CCCC1. The van der Waals surface area contributed by atoms with Gasteiger partial charge in [0.2, 0.25) is 0 Å². The van der Waals surface area contributed by atoms with E-state index >= 15 is 0 Å². The molecule has 0 bridgehead atoms. The molecule has 1 aliphatic heterocycles. The summed E-state index contributed by atoms with van der Waals surface area (Å²) in [5.41, 5.74) is 1.31. The van der Waals surface area contributed by atoms with E-state index in [1.807, 2.05) is 19.2 Å². The number of nitrogens with zero attached hydrogens (tertiary/aromatic N) is 1. The largest absolute Gasteiger partial charge is 0.315 e. The summed E-state index contributed by atoms with van der Waals surface area (Å²) in [7, 11) is 2.03. The monoisotopic (exact) mass is 356 g/mol. The fraction of sp³-hybridized carbons (Fsp3) is 0.647. The lowest BCUT2D eigenvalue weighted by Gasteiger charge is -2.44. The van der Waals surface area contributed by atoms with Crippen LogP contribution in [0, 0.1) is 5.82 Å². The molecule has 0 radical (unpaired) electrons. The Labute approximate surface area is 136 Å². The Bertz CT molecular complexity index is 474. The van der Waals surface area contributed by atoms with Crippen molar-refractivity contribution in [3.05, 3.63) is 34.1 Å². The van der Waals surface area contributed by atoms with Crippen LogP contribution in [0.15, 0.2) is 22.7 Å². The highest BCUT2D eigenvalue weighted by molar-refractivity contribution is 9.10. The maximum Gasteiger partial charge on any atom is 0.137 e. The highest BCUT2D eigenvalue weighted by atomic mass is 79.9. The van der Waals surface area contributed by atoms with E-state index in [4.69, 9.17) is 0 Å². The Morgan fingerprint density at radius 3 is 2.57 bits per heavy atom. The molecular formula is C17H26BrFN2. The lowest BCUT2D eigenvalue weighted by molar-refractivity contribution is 0.0873. The zero-order valence-electron chi connectivity index (χ0n) is 13.3. The first-order valence-electron chi connectivity index (χ1n) is 7.87. The highest BCUT2D eigenvalue weighted by Crippen LogP contribution is 2.30. The smallest absolute Gasteiger partial charge is 0.137 e. The molecule has 1 heterocycles. The lowest BCUT2D eigenvalue weighted by atomic mass is 9.83. The van der Waals surface area contributed by atoms with Crippen molar-refractivity contribution in [1.29, 1.82) is 0 Å². The van der Waals surface area contributed by atoms with Crippen molar-refractivity contribution >= 4 is 15.9 Å². The minimum atomic E-state index is -0.197. The van der Waals surface area contributed by atoms with Gasteiger partial charge < -0.3 is 5.32 Å². The second-order valence-corrected chi connectivity index (χ2v) is 7.05. The second-order valence-electron chi connectivity index (χ2n) is 6.20. The van der Waals surface area contributed by atoms with E-state index in [0.29, 0.717) is 10.5 Å². The summed E-state index contributed by atoms with van der Waals surface area (Å²) in [6.07, 6.45) is 4.62. The highest BCUT2D eigenvalue weighted by Gasteiger charge is 2.38. The third-order valence-corrected chi connectivity index (χ3v) is 5.67. The van der Waals surface area contributed by atoms with Crippen molar-refractivity contribution in [2.75, 3.05) is 20.1 Å². The maximum absolute atomic E-state index is 13.4. The third kappa shape index (κ3) is 3.66. The molecule has 2 unspecified atom stereocenters. The molecule has 0 aromatic heterocycles. The number of likely N-dealkylation sites (N-methyl/N-ethyl adjacent to an activating group) is 1. The molecule has 2 atom stereocenters. The lowest BCUT2D eigenvalue weighted by Crippen LogP contribution is -2.58. The molecule has 0 amide bonds. The molecule has 21 heavy (non-hydrogen) atoms. The minimum absolute atomic E-state index is 0.145. The first-order chi connectivity index (χ1) is 10.0. The number of hydrogen-bond acceptors (Lipinski definition) is 2. The van der Waals surface area contributed by atoms with E-state index in [2.05, 4.69) is 40.0 Å². The van der Waals surface area contributed by atoms with Crippen molar-refractivity contribution in [3.63, 3.8) is 0 Å². The maximum atomic E-state index is 13.4. The fourth-order valence-electron chi connectivity index (χ4n) is 3.45. The molecule has 118 valence electrons. The van der Waals surface area contributed by atoms with Crippen molar-refractivity contribution in [2.45, 2.75) is 51.1 Å². The van der Waals surface area contributed by atoms with Gasteiger partial charge in [0.15, 0.2) is 0 Å². The van der Waals surface area contributed by atoms with Crippen LogP contribution >= 0.6 is 15.9 Å². The van der Waals surface area contributed by atoms with E-state index < -0.39 is 0 Å². The van der Waals surface area contributed by atoms with Crippen LogP contribution in [-0.2, 0) is 6.42 Å². The van der Waals surface area contributed by atoms with Crippen molar-refractivity contribution in [3.8, 4) is 0 Å². The molecule has 4 heteroatoms. The van der Waals surface area contributed by atoms with Gasteiger partial charge in [-0.15, -0.1) is 0 Å². The number of likely N-dealkylation sites (tertiary alicyclic amines) is 1. The van der Waals surface area contributed by atoms with E-state index in [0.717, 1.165) is 12.8 Å². The quantitative estimate of drug-likeness (QED) is 0.828. The standard InChI is InChI=1S/C17H26BrFN2/c1-4-17(2,21-9-5-6-10-21)16(20-3)12-13-7-8-15(19)14(18)11-13/h7-8,11,16,20H,4-6,9-10,12H2,1-3H3. The van der Waals surface area contributed by atoms with Gasteiger partial charge in [-0.25, -0.2) is 4.39 Å². The summed E-state index contributed by atoms with van der Waals surface area (Å²) >= 11 is 3.29. The van der Waals surface area contributed by atoms with Gasteiger partial charge >= 0.3 is 0 Å². The van der Waals surface area contributed by atoms with Gasteiger partial charge in [-0.2, -0.15) is 0 Å². The first kappa shape index (κ1) is 16.9. The normalized spacial score (nSPS) is 20.4. The first-order valence-corrected chi connectivity index (χ1v) is 8.66. The van der Waals surface area contributed by atoms with Gasteiger partial charge in [-0.3, -0.25) is 4.90 Å². The molecular weight excluding hydrogens is 331 g/mol. The number of nitrogens with one attached hydrogen (secondary N) is 1. The van der Waals surface area contributed by atoms with E-state index in [-0.39, 0.29) is 11.4 Å². The van der Waals surface area contributed by atoms with Crippen LogP contribution in [0.1, 0.15) is 38.7 Å². The van der Waals surface area contributed by atoms with Crippen LogP contribution in [0.2, 0.25) is 0 Å². The van der Waals surface area contributed by atoms with Crippen molar-refractivity contribution in [1.82, 2.24) is 10.2 Å². The van der Waals surface area contributed by atoms with Crippen LogP contribution < -0.4 is 5.32 Å². The molecule has 1 aromatic rings. The van der Waals surface area contributed by atoms with Gasteiger partial charge in [0, 0.05) is 11.6 Å². The predicted octanol–water partition coefficient (Wildman–Crippen LogP) is 3.98. The Morgan fingerprint density at radius 2 is 2.05 bits per heavy atom. The summed E-state index contributed by atoms with van der Waals surface area (Å²) < 4.78 is 13.9. The zero-order chi connectivity index (χ0) is 15.5. The Kier molecular flexibility index (Phi) is 5.81. The number of halogens is 2. The van der Waals surface area contributed by atoms with Crippen LogP contribution in [0.4, 0.5) is 4.39 Å². The number of rotatable bonds is 6. The molecule has 0 saturated carbocycles. The van der Waals surface area contributed by atoms with Gasteiger partial charge in [-0.05, 0) is 86.4 Å². The van der Waals surface area contributed by atoms with Crippen molar-refractivity contribution in [2.24, 2.45) is 0 Å². The number of hydrogen-bond donors (Lipinski definition) is 1. The average Bonchev–Trinajstić information content (AvgIpc) is 3.02. The number of benzene rings is 1. The second kappa shape index (κ2) is 7.21. The van der Waals surface area contributed by atoms with Crippen molar-refractivity contribution < 1.29 is 4.39 Å².